The number of benzene rings is 2. The van der Waals surface area contributed by atoms with Crippen molar-refractivity contribution < 1.29 is 33.4 Å². The van der Waals surface area contributed by atoms with Gasteiger partial charge in [-0.2, -0.15) is 0 Å². The summed E-state index contributed by atoms with van der Waals surface area (Å²) in [5.41, 5.74) is 0.112. The number of hydrogen-bond donors (Lipinski definition) is 0. The van der Waals surface area contributed by atoms with Crippen LogP contribution in [0.5, 0.6) is 11.5 Å². The van der Waals surface area contributed by atoms with Crippen LogP contribution >= 0.6 is 0 Å². The maximum Gasteiger partial charge on any atom is 0.308 e. The number of fused-ring (bicyclic) bond motifs is 1. The zero-order valence-corrected chi connectivity index (χ0v) is 20.1. The smallest absolute Gasteiger partial charge is 0.308 e. The van der Waals surface area contributed by atoms with E-state index in [1.54, 1.807) is 35.2 Å². The van der Waals surface area contributed by atoms with E-state index in [0.29, 0.717) is 43.0 Å². The Morgan fingerprint density at radius 3 is 2.47 bits per heavy atom. The van der Waals surface area contributed by atoms with Gasteiger partial charge in [0.15, 0.2) is 11.5 Å². The quantitative estimate of drug-likeness (QED) is 0.451. The number of nitrogens with zero attached hydrogens (tertiary/aromatic N) is 2. The van der Waals surface area contributed by atoms with E-state index in [2.05, 4.69) is 0 Å². The van der Waals surface area contributed by atoms with Crippen molar-refractivity contribution in [2.24, 2.45) is 5.92 Å². The molecule has 2 aromatic rings. The summed E-state index contributed by atoms with van der Waals surface area (Å²) in [6.45, 7) is 1.04. The predicted molar refractivity (Wildman–Crippen MR) is 127 cm³/mol. The van der Waals surface area contributed by atoms with E-state index in [4.69, 9.17) is 14.2 Å². The SMILES string of the molecule is COC(=O)C1CCN(C(=O)CC2(c3ccccc3)CC(=O)N(Cc3ccc4c(c3)OCO4)C2=O)CC1. The molecule has 5 rings (SSSR count). The number of esters is 1. The second kappa shape index (κ2) is 9.64. The molecule has 9 heteroatoms. The fraction of sp³-hybridized carbons (Fsp3) is 0.407. The molecular weight excluding hydrogens is 464 g/mol. The number of amides is 3. The lowest BCUT2D eigenvalue weighted by Crippen LogP contribution is -2.46. The second-order valence-electron chi connectivity index (χ2n) is 9.45. The highest BCUT2D eigenvalue weighted by molar-refractivity contribution is 6.10. The molecule has 0 aliphatic carbocycles. The average molecular weight is 493 g/mol. The van der Waals surface area contributed by atoms with Crippen LogP contribution in [0, 0.1) is 5.92 Å². The van der Waals surface area contributed by atoms with Crippen LogP contribution in [0.2, 0.25) is 0 Å². The van der Waals surface area contributed by atoms with Crippen molar-refractivity contribution in [3.63, 3.8) is 0 Å². The molecule has 0 bridgehead atoms. The molecule has 0 saturated carbocycles. The Bertz CT molecular complexity index is 1190. The number of carbonyl (C=O) groups is 4. The minimum absolute atomic E-state index is 0.0786. The number of rotatable bonds is 6. The van der Waals surface area contributed by atoms with Crippen LogP contribution in [0.15, 0.2) is 48.5 Å². The van der Waals surface area contributed by atoms with Crippen molar-refractivity contribution in [3.05, 3.63) is 59.7 Å². The molecule has 0 N–H and O–H groups in total. The summed E-state index contributed by atoms with van der Waals surface area (Å²) in [5.74, 6) is -0.196. The summed E-state index contributed by atoms with van der Waals surface area (Å²) >= 11 is 0. The van der Waals surface area contributed by atoms with E-state index in [1.165, 1.54) is 12.0 Å². The minimum Gasteiger partial charge on any atom is -0.469 e. The van der Waals surface area contributed by atoms with Gasteiger partial charge in [0.1, 0.15) is 0 Å². The van der Waals surface area contributed by atoms with Gasteiger partial charge in [-0.25, -0.2) is 0 Å². The molecule has 2 saturated heterocycles. The van der Waals surface area contributed by atoms with Crippen molar-refractivity contribution >= 4 is 23.7 Å². The number of imide groups is 1. The van der Waals surface area contributed by atoms with Gasteiger partial charge < -0.3 is 19.1 Å². The first kappa shape index (κ1) is 23.8. The van der Waals surface area contributed by atoms with E-state index < -0.39 is 5.41 Å². The zero-order chi connectivity index (χ0) is 25.3. The van der Waals surface area contributed by atoms with Gasteiger partial charge in [-0.05, 0) is 36.1 Å². The van der Waals surface area contributed by atoms with Gasteiger partial charge in [0.25, 0.3) is 0 Å². The van der Waals surface area contributed by atoms with Gasteiger partial charge in [-0.1, -0.05) is 36.4 Å². The molecule has 3 amide bonds. The lowest BCUT2D eigenvalue weighted by molar-refractivity contribution is -0.149. The molecule has 3 heterocycles. The van der Waals surface area contributed by atoms with Crippen molar-refractivity contribution in [2.45, 2.75) is 37.6 Å². The van der Waals surface area contributed by atoms with Gasteiger partial charge in [0, 0.05) is 25.9 Å². The fourth-order valence-corrected chi connectivity index (χ4v) is 5.31. The zero-order valence-electron chi connectivity index (χ0n) is 20.1. The highest BCUT2D eigenvalue weighted by Crippen LogP contribution is 2.42. The summed E-state index contributed by atoms with van der Waals surface area (Å²) in [6, 6.07) is 14.4. The highest BCUT2D eigenvalue weighted by atomic mass is 16.7. The Hall–Kier alpha value is -3.88. The average Bonchev–Trinajstić information content (AvgIpc) is 3.47. The van der Waals surface area contributed by atoms with E-state index in [9.17, 15) is 19.2 Å². The van der Waals surface area contributed by atoms with E-state index in [1.807, 2.05) is 18.2 Å². The Kier molecular flexibility index (Phi) is 6.38. The van der Waals surface area contributed by atoms with Gasteiger partial charge in [-0.15, -0.1) is 0 Å². The monoisotopic (exact) mass is 492 g/mol. The fourth-order valence-electron chi connectivity index (χ4n) is 5.31. The van der Waals surface area contributed by atoms with Crippen LogP contribution in [0.3, 0.4) is 0 Å². The van der Waals surface area contributed by atoms with Gasteiger partial charge in [0.05, 0.1) is 25.0 Å². The maximum absolute atomic E-state index is 13.9. The van der Waals surface area contributed by atoms with Gasteiger partial charge in [0.2, 0.25) is 24.5 Å². The molecule has 188 valence electrons. The number of ether oxygens (including phenoxy) is 3. The molecule has 2 fully saturated rings. The topological polar surface area (TPSA) is 102 Å². The molecule has 3 aliphatic rings. The summed E-state index contributed by atoms with van der Waals surface area (Å²) in [6.07, 6.45) is 0.840. The van der Waals surface area contributed by atoms with Crippen LogP contribution < -0.4 is 9.47 Å². The van der Waals surface area contributed by atoms with Crippen LogP contribution in [0.4, 0.5) is 0 Å². The summed E-state index contributed by atoms with van der Waals surface area (Å²) < 4.78 is 15.6. The largest absolute Gasteiger partial charge is 0.469 e. The molecule has 1 unspecified atom stereocenters. The number of piperidine rings is 1. The molecule has 0 aromatic heterocycles. The molecule has 3 aliphatic heterocycles. The molecule has 9 nitrogen and oxygen atoms in total. The first-order chi connectivity index (χ1) is 17.4. The third-order valence-corrected chi connectivity index (χ3v) is 7.35. The normalized spacial score (nSPS) is 21.7. The number of carbonyl (C=O) groups excluding carboxylic acids is 4. The predicted octanol–water partition coefficient (Wildman–Crippen LogP) is 2.41. The van der Waals surface area contributed by atoms with Crippen molar-refractivity contribution in [3.8, 4) is 11.5 Å². The van der Waals surface area contributed by atoms with Gasteiger partial charge in [-0.3, -0.25) is 24.1 Å². The second-order valence-corrected chi connectivity index (χ2v) is 9.45. The third kappa shape index (κ3) is 4.29. The van der Waals surface area contributed by atoms with Crippen molar-refractivity contribution in [2.75, 3.05) is 27.0 Å². The summed E-state index contributed by atoms with van der Waals surface area (Å²) in [7, 11) is 1.36. The summed E-state index contributed by atoms with van der Waals surface area (Å²) in [4.78, 5) is 55.3. The molecule has 0 radical (unpaired) electrons. The lowest BCUT2D eigenvalue weighted by atomic mass is 9.75. The van der Waals surface area contributed by atoms with Crippen molar-refractivity contribution in [1.82, 2.24) is 9.80 Å². The molecule has 2 aromatic carbocycles. The van der Waals surface area contributed by atoms with Gasteiger partial charge >= 0.3 is 5.97 Å². The van der Waals surface area contributed by atoms with Crippen LogP contribution in [-0.2, 0) is 35.9 Å². The number of likely N-dealkylation sites (tertiary alicyclic amines) is 2. The van der Waals surface area contributed by atoms with Crippen molar-refractivity contribution in [1.29, 1.82) is 0 Å². The Labute approximate surface area is 208 Å². The maximum atomic E-state index is 13.9. The number of hydrogen-bond acceptors (Lipinski definition) is 7. The van der Waals surface area contributed by atoms with Crippen LogP contribution in [-0.4, -0.2) is 60.5 Å². The molecular formula is C27H28N2O7. The molecule has 1 atom stereocenters. The third-order valence-electron chi connectivity index (χ3n) is 7.35. The van der Waals surface area contributed by atoms with Crippen LogP contribution in [0.1, 0.15) is 36.8 Å². The van der Waals surface area contributed by atoms with E-state index in [-0.39, 0.29) is 55.8 Å². The van der Waals surface area contributed by atoms with Crippen LogP contribution in [0.25, 0.3) is 0 Å². The number of methoxy groups -OCH3 is 1. The minimum atomic E-state index is -1.27. The Morgan fingerprint density at radius 1 is 1.03 bits per heavy atom. The summed E-state index contributed by atoms with van der Waals surface area (Å²) in [5, 5.41) is 0. The molecule has 36 heavy (non-hydrogen) atoms. The molecule has 0 spiro atoms. The Morgan fingerprint density at radius 2 is 1.75 bits per heavy atom. The first-order valence-corrected chi connectivity index (χ1v) is 12.1. The highest BCUT2D eigenvalue weighted by Gasteiger charge is 2.54. The Balaban J connectivity index is 1.37. The first-order valence-electron chi connectivity index (χ1n) is 12.1. The van der Waals surface area contributed by atoms with E-state index in [0.717, 1.165) is 5.56 Å². The standard InChI is InChI=1S/C27H28N2O7/c1-34-25(32)19-9-11-28(12-10-19)23(30)14-27(20-5-3-2-4-6-20)15-24(31)29(26(27)33)16-18-7-8-21-22(13-18)36-17-35-21/h2-8,13,19H,9-12,14-17H2,1H3. The van der Waals surface area contributed by atoms with E-state index >= 15 is 0 Å². The lowest BCUT2D eigenvalue weighted by Gasteiger charge is -2.34.